The Morgan fingerprint density at radius 2 is 2.35 bits per heavy atom. The number of nitrogens with one attached hydrogen (secondary N) is 1. The first kappa shape index (κ1) is 13.6. The quantitative estimate of drug-likeness (QED) is 0.939. The topological polar surface area (TPSA) is 51.0 Å². The average molecular weight is 293 g/mol. The van der Waals surface area contributed by atoms with Gasteiger partial charge in [-0.3, -0.25) is 0 Å². The zero-order valence-corrected chi connectivity index (χ0v) is 12.0. The van der Waals surface area contributed by atoms with Gasteiger partial charge in [0.05, 0.1) is 5.92 Å². The van der Waals surface area contributed by atoms with Crippen molar-refractivity contribution < 1.29 is 8.91 Å². The van der Waals surface area contributed by atoms with Crippen LogP contribution in [0, 0.1) is 5.82 Å². The van der Waals surface area contributed by atoms with Gasteiger partial charge in [0.25, 0.3) is 0 Å². The van der Waals surface area contributed by atoms with Crippen molar-refractivity contribution >= 4 is 11.8 Å². The summed E-state index contributed by atoms with van der Waals surface area (Å²) in [4.78, 5) is 4.44. The summed E-state index contributed by atoms with van der Waals surface area (Å²) in [6.07, 6.45) is 0. The van der Waals surface area contributed by atoms with Gasteiger partial charge in [-0.05, 0) is 18.7 Å². The van der Waals surface area contributed by atoms with Gasteiger partial charge in [-0.15, -0.1) is 0 Å². The molecule has 0 saturated carbocycles. The number of thioether (sulfide) groups is 1. The SMILES string of the molecule is CCNC1CSCC1c1nc(-c2cccc(F)c2)no1. The molecule has 4 nitrogen and oxygen atoms in total. The highest BCUT2D eigenvalue weighted by molar-refractivity contribution is 7.99. The average Bonchev–Trinajstić information content (AvgIpc) is 3.07. The fourth-order valence-corrected chi connectivity index (χ4v) is 3.76. The number of benzene rings is 1. The molecule has 0 aliphatic carbocycles. The molecule has 0 spiro atoms. The van der Waals surface area contributed by atoms with Crippen molar-refractivity contribution in [1.29, 1.82) is 0 Å². The molecule has 2 atom stereocenters. The van der Waals surface area contributed by atoms with Gasteiger partial charge in [0.2, 0.25) is 11.7 Å². The van der Waals surface area contributed by atoms with Crippen LogP contribution in [0.2, 0.25) is 0 Å². The van der Waals surface area contributed by atoms with E-state index in [0.717, 1.165) is 18.1 Å². The fourth-order valence-electron chi connectivity index (χ4n) is 2.39. The molecule has 6 heteroatoms. The minimum absolute atomic E-state index is 0.231. The Balaban J connectivity index is 1.83. The van der Waals surface area contributed by atoms with Crippen LogP contribution in [-0.2, 0) is 0 Å². The number of aromatic nitrogens is 2. The molecule has 1 aliphatic heterocycles. The monoisotopic (exact) mass is 293 g/mol. The predicted molar refractivity (Wildman–Crippen MR) is 77.2 cm³/mol. The third-order valence-electron chi connectivity index (χ3n) is 3.39. The lowest BCUT2D eigenvalue weighted by Crippen LogP contribution is -2.34. The summed E-state index contributed by atoms with van der Waals surface area (Å²) in [5.41, 5.74) is 0.644. The molecule has 1 saturated heterocycles. The largest absolute Gasteiger partial charge is 0.339 e. The van der Waals surface area contributed by atoms with Gasteiger partial charge in [0.1, 0.15) is 5.82 Å². The summed E-state index contributed by atoms with van der Waals surface area (Å²) < 4.78 is 18.6. The minimum Gasteiger partial charge on any atom is -0.339 e. The molecule has 2 aromatic rings. The molecule has 3 rings (SSSR count). The third-order valence-corrected chi connectivity index (χ3v) is 4.58. The summed E-state index contributed by atoms with van der Waals surface area (Å²) in [5, 5.41) is 7.42. The van der Waals surface area contributed by atoms with Gasteiger partial charge in [0, 0.05) is 23.1 Å². The zero-order chi connectivity index (χ0) is 13.9. The molecule has 2 unspecified atom stereocenters. The highest BCUT2D eigenvalue weighted by Crippen LogP contribution is 2.32. The smallest absolute Gasteiger partial charge is 0.232 e. The maximum absolute atomic E-state index is 13.2. The summed E-state index contributed by atoms with van der Waals surface area (Å²) in [6, 6.07) is 6.61. The number of hydrogen-bond donors (Lipinski definition) is 1. The third kappa shape index (κ3) is 2.71. The lowest BCUT2D eigenvalue weighted by atomic mass is 10.0. The van der Waals surface area contributed by atoms with Gasteiger partial charge in [-0.1, -0.05) is 24.2 Å². The maximum Gasteiger partial charge on any atom is 0.232 e. The van der Waals surface area contributed by atoms with Crippen LogP contribution in [-0.4, -0.2) is 34.2 Å². The van der Waals surface area contributed by atoms with Crippen LogP contribution in [0.3, 0.4) is 0 Å². The van der Waals surface area contributed by atoms with Crippen molar-refractivity contribution in [2.24, 2.45) is 0 Å². The Labute approximate surface area is 121 Å². The number of likely N-dealkylation sites (N-methyl/N-ethyl adjacent to an activating group) is 1. The van der Waals surface area contributed by atoms with Gasteiger partial charge >= 0.3 is 0 Å². The number of nitrogens with zero attached hydrogens (tertiary/aromatic N) is 2. The van der Waals surface area contributed by atoms with E-state index in [1.54, 1.807) is 12.1 Å². The molecule has 1 aromatic carbocycles. The molecule has 1 N–H and O–H groups in total. The number of halogens is 1. The van der Waals surface area contributed by atoms with E-state index in [4.69, 9.17) is 4.52 Å². The van der Waals surface area contributed by atoms with E-state index in [-0.39, 0.29) is 11.7 Å². The van der Waals surface area contributed by atoms with Gasteiger partial charge in [0.15, 0.2) is 0 Å². The van der Waals surface area contributed by atoms with Crippen LogP contribution in [0.25, 0.3) is 11.4 Å². The molecule has 1 aliphatic rings. The van der Waals surface area contributed by atoms with E-state index in [2.05, 4.69) is 22.4 Å². The lowest BCUT2D eigenvalue weighted by molar-refractivity contribution is 0.340. The number of rotatable bonds is 4. The highest BCUT2D eigenvalue weighted by atomic mass is 32.2. The van der Waals surface area contributed by atoms with Crippen LogP contribution in [0.5, 0.6) is 0 Å². The molecular weight excluding hydrogens is 277 g/mol. The van der Waals surface area contributed by atoms with Gasteiger partial charge < -0.3 is 9.84 Å². The van der Waals surface area contributed by atoms with E-state index < -0.39 is 0 Å². The summed E-state index contributed by atoms with van der Waals surface area (Å²) in [5.74, 6) is 3.05. The Kier molecular flexibility index (Phi) is 4.03. The fraction of sp³-hybridized carbons (Fsp3) is 0.429. The molecule has 106 valence electrons. The second-order valence-corrected chi connectivity index (χ2v) is 5.85. The van der Waals surface area contributed by atoms with Crippen LogP contribution in [0.15, 0.2) is 28.8 Å². The maximum atomic E-state index is 13.2. The first-order chi connectivity index (χ1) is 9.78. The molecule has 1 aromatic heterocycles. The van der Waals surface area contributed by atoms with Crippen molar-refractivity contribution in [3.05, 3.63) is 36.0 Å². The van der Waals surface area contributed by atoms with E-state index in [9.17, 15) is 4.39 Å². The molecule has 1 fully saturated rings. The van der Waals surface area contributed by atoms with Crippen LogP contribution in [0.4, 0.5) is 4.39 Å². The molecule has 0 bridgehead atoms. The summed E-state index contributed by atoms with van der Waals surface area (Å²) in [7, 11) is 0. The van der Waals surface area contributed by atoms with Crippen molar-refractivity contribution in [3.8, 4) is 11.4 Å². The second kappa shape index (κ2) is 5.93. The normalized spacial score (nSPS) is 22.3. The van der Waals surface area contributed by atoms with Crippen LogP contribution >= 0.6 is 11.8 Å². The van der Waals surface area contributed by atoms with Crippen molar-refractivity contribution in [2.75, 3.05) is 18.1 Å². The number of hydrogen-bond acceptors (Lipinski definition) is 5. The summed E-state index contributed by atoms with van der Waals surface area (Å²) in [6.45, 7) is 3.01. The second-order valence-electron chi connectivity index (χ2n) is 4.77. The molecule has 0 amide bonds. The molecular formula is C14H16FN3OS. The highest BCUT2D eigenvalue weighted by Gasteiger charge is 2.33. The van der Waals surface area contributed by atoms with Crippen molar-refractivity contribution in [3.63, 3.8) is 0 Å². The Bertz CT molecular complexity index is 589. The summed E-state index contributed by atoms with van der Waals surface area (Å²) >= 11 is 1.88. The minimum atomic E-state index is -0.296. The van der Waals surface area contributed by atoms with E-state index >= 15 is 0 Å². The van der Waals surface area contributed by atoms with E-state index in [0.29, 0.717) is 23.3 Å². The lowest BCUT2D eigenvalue weighted by Gasteiger charge is -2.15. The molecule has 2 heterocycles. The Morgan fingerprint density at radius 3 is 3.15 bits per heavy atom. The molecule has 0 radical (unpaired) electrons. The first-order valence-corrected chi connectivity index (χ1v) is 7.84. The van der Waals surface area contributed by atoms with Crippen LogP contribution < -0.4 is 5.32 Å². The van der Waals surface area contributed by atoms with Crippen LogP contribution in [0.1, 0.15) is 18.7 Å². The predicted octanol–water partition coefficient (Wildman–Crippen LogP) is 2.68. The Hall–Kier alpha value is -1.40. The van der Waals surface area contributed by atoms with Gasteiger partial charge in [-0.2, -0.15) is 16.7 Å². The first-order valence-electron chi connectivity index (χ1n) is 6.68. The standard InChI is InChI=1S/C14H16FN3OS/c1-2-16-12-8-20-7-11(12)14-17-13(18-19-14)9-4-3-5-10(15)6-9/h3-6,11-12,16H,2,7-8H2,1H3. The van der Waals surface area contributed by atoms with Crippen molar-refractivity contribution in [1.82, 2.24) is 15.5 Å². The van der Waals surface area contributed by atoms with Gasteiger partial charge in [-0.25, -0.2) is 4.39 Å². The van der Waals surface area contributed by atoms with E-state index in [1.807, 2.05) is 11.8 Å². The zero-order valence-electron chi connectivity index (χ0n) is 11.2. The van der Waals surface area contributed by atoms with Crippen molar-refractivity contribution in [2.45, 2.75) is 18.9 Å². The molecule has 20 heavy (non-hydrogen) atoms. The Morgan fingerprint density at radius 1 is 1.45 bits per heavy atom. The van der Waals surface area contributed by atoms with E-state index in [1.165, 1.54) is 12.1 Å².